The van der Waals surface area contributed by atoms with E-state index in [-0.39, 0.29) is 0 Å². The maximum Gasteiger partial charge on any atom is 0.136 e. The van der Waals surface area contributed by atoms with Crippen molar-refractivity contribution in [1.82, 2.24) is 9.97 Å². The predicted molar refractivity (Wildman–Crippen MR) is 83.2 cm³/mol. The van der Waals surface area contributed by atoms with Gasteiger partial charge in [0.2, 0.25) is 0 Å². The third kappa shape index (κ3) is 2.45. The zero-order valence-corrected chi connectivity index (χ0v) is 12.7. The van der Waals surface area contributed by atoms with Crippen LogP contribution in [-0.2, 0) is 0 Å². The highest BCUT2D eigenvalue weighted by molar-refractivity contribution is 6.30. The Balaban J connectivity index is 1.98. The van der Waals surface area contributed by atoms with Crippen LogP contribution in [-0.4, -0.2) is 9.97 Å². The summed E-state index contributed by atoms with van der Waals surface area (Å²) < 4.78 is 0. The molecule has 3 heteroatoms. The quantitative estimate of drug-likeness (QED) is 0.726. The van der Waals surface area contributed by atoms with Gasteiger partial charge in [0.15, 0.2) is 0 Å². The molecule has 0 atom stereocenters. The van der Waals surface area contributed by atoms with Gasteiger partial charge in [0.25, 0.3) is 0 Å². The highest BCUT2D eigenvalue weighted by Gasteiger charge is 2.20. The molecule has 1 aliphatic rings. The van der Waals surface area contributed by atoms with Crippen LogP contribution in [0.2, 0.25) is 5.15 Å². The molecule has 1 aromatic heterocycles. The molecule has 1 aromatic carbocycles. The van der Waals surface area contributed by atoms with E-state index in [0.29, 0.717) is 11.1 Å². The van der Waals surface area contributed by atoms with Crippen LogP contribution in [0.4, 0.5) is 0 Å². The molecule has 1 heterocycles. The molecule has 3 rings (SSSR count). The summed E-state index contributed by atoms with van der Waals surface area (Å²) in [5.41, 5.74) is 4.57. The van der Waals surface area contributed by atoms with Gasteiger partial charge in [-0.1, -0.05) is 56.1 Å². The van der Waals surface area contributed by atoms with Gasteiger partial charge in [-0.2, -0.15) is 0 Å². The summed E-state index contributed by atoms with van der Waals surface area (Å²) in [5.74, 6) is 1.08. The summed E-state index contributed by atoms with van der Waals surface area (Å²) in [6.45, 7) is 4.24. The molecule has 0 bridgehead atoms. The zero-order chi connectivity index (χ0) is 14.1. The predicted octanol–water partition coefficient (Wildman–Crippen LogP) is 5.19. The van der Waals surface area contributed by atoms with Gasteiger partial charge in [-0.15, -0.1) is 0 Å². The van der Waals surface area contributed by atoms with Crippen LogP contribution >= 0.6 is 11.6 Å². The molecule has 0 amide bonds. The molecular weight excluding hydrogens is 268 g/mol. The van der Waals surface area contributed by atoms with Crippen LogP contribution in [0.15, 0.2) is 30.6 Å². The Morgan fingerprint density at radius 2 is 1.80 bits per heavy atom. The van der Waals surface area contributed by atoms with Gasteiger partial charge < -0.3 is 0 Å². The molecule has 0 saturated heterocycles. The molecule has 20 heavy (non-hydrogen) atoms. The van der Waals surface area contributed by atoms with Gasteiger partial charge in [-0.05, 0) is 30.2 Å². The number of hydrogen-bond acceptors (Lipinski definition) is 2. The van der Waals surface area contributed by atoms with E-state index in [4.69, 9.17) is 11.6 Å². The minimum absolute atomic E-state index is 0.310. The highest BCUT2D eigenvalue weighted by Crippen LogP contribution is 2.37. The van der Waals surface area contributed by atoms with Gasteiger partial charge in [0, 0.05) is 11.1 Å². The lowest BCUT2D eigenvalue weighted by Gasteiger charge is -2.25. The number of rotatable bonds is 3. The fraction of sp³-hybridized carbons (Fsp3) is 0.412. The molecule has 1 aliphatic carbocycles. The lowest BCUT2D eigenvalue weighted by atomic mass is 9.80. The van der Waals surface area contributed by atoms with Crippen LogP contribution in [0.5, 0.6) is 0 Å². The second-order valence-electron chi connectivity index (χ2n) is 5.83. The second kappa shape index (κ2) is 5.53. The SMILES string of the molecule is CC(C)c1c(Cl)ncnc1-c1ccc(C2CCC2)cc1. The smallest absolute Gasteiger partial charge is 0.136 e. The van der Waals surface area contributed by atoms with E-state index in [0.717, 1.165) is 22.7 Å². The fourth-order valence-corrected chi connectivity index (χ4v) is 3.12. The first-order valence-corrected chi connectivity index (χ1v) is 7.65. The van der Waals surface area contributed by atoms with E-state index >= 15 is 0 Å². The van der Waals surface area contributed by atoms with Crippen molar-refractivity contribution in [3.05, 3.63) is 46.9 Å². The first-order chi connectivity index (χ1) is 9.66. The molecule has 1 fully saturated rings. The molecule has 0 N–H and O–H groups in total. The summed E-state index contributed by atoms with van der Waals surface area (Å²) in [6.07, 6.45) is 5.57. The summed E-state index contributed by atoms with van der Waals surface area (Å²) in [5, 5.41) is 0.563. The van der Waals surface area contributed by atoms with Gasteiger partial charge >= 0.3 is 0 Å². The number of nitrogens with zero attached hydrogens (tertiary/aromatic N) is 2. The van der Waals surface area contributed by atoms with Gasteiger partial charge in [-0.25, -0.2) is 9.97 Å². The summed E-state index contributed by atoms with van der Waals surface area (Å²) in [6, 6.07) is 8.80. The van der Waals surface area contributed by atoms with Crippen molar-refractivity contribution in [2.75, 3.05) is 0 Å². The number of halogens is 1. The molecule has 2 aromatic rings. The third-order valence-corrected chi connectivity index (χ3v) is 4.47. The first kappa shape index (κ1) is 13.6. The Hall–Kier alpha value is -1.41. The normalized spacial score (nSPS) is 15.4. The standard InChI is InChI=1S/C17H19ClN2/c1-11(2)15-16(19-10-20-17(15)18)14-8-6-13(7-9-14)12-4-3-5-12/h6-12H,3-5H2,1-2H3. The Kier molecular flexibility index (Phi) is 3.75. The molecular formula is C17H19ClN2. The monoisotopic (exact) mass is 286 g/mol. The minimum Gasteiger partial charge on any atom is -0.236 e. The number of benzene rings is 1. The largest absolute Gasteiger partial charge is 0.236 e. The summed E-state index contributed by atoms with van der Waals surface area (Å²) in [7, 11) is 0. The molecule has 0 radical (unpaired) electrons. The molecule has 0 spiro atoms. The van der Waals surface area contributed by atoms with Crippen molar-refractivity contribution in [1.29, 1.82) is 0 Å². The van der Waals surface area contributed by atoms with Gasteiger partial charge in [0.05, 0.1) is 5.69 Å². The first-order valence-electron chi connectivity index (χ1n) is 7.27. The van der Waals surface area contributed by atoms with Crippen LogP contribution in [0, 0.1) is 0 Å². The Bertz CT molecular complexity index is 601. The van der Waals surface area contributed by atoms with Crippen LogP contribution < -0.4 is 0 Å². The number of aromatic nitrogens is 2. The Morgan fingerprint density at radius 3 is 2.35 bits per heavy atom. The average molecular weight is 287 g/mol. The van der Waals surface area contributed by atoms with E-state index < -0.39 is 0 Å². The number of hydrogen-bond donors (Lipinski definition) is 0. The van der Waals surface area contributed by atoms with Gasteiger partial charge in [0.1, 0.15) is 11.5 Å². The Morgan fingerprint density at radius 1 is 1.10 bits per heavy atom. The summed E-state index contributed by atoms with van der Waals surface area (Å²) >= 11 is 6.24. The van der Waals surface area contributed by atoms with Crippen molar-refractivity contribution in [2.24, 2.45) is 0 Å². The lowest BCUT2D eigenvalue weighted by molar-refractivity contribution is 0.420. The minimum atomic E-state index is 0.310. The van der Waals surface area contributed by atoms with Crippen molar-refractivity contribution in [3.63, 3.8) is 0 Å². The zero-order valence-electron chi connectivity index (χ0n) is 11.9. The van der Waals surface area contributed by atoms with Crippen molar-refractivity contribution < 1.29 is 0 Å². The molecule has 1 saturated carbocycles. The second-order valence-corrected chi connectivity index (χ2v) is 6.19. The molecule has 0 aliphatic heterocycles. The Labute approximate surface area is 125 Å². The fourth-order valence-electron chi connectivity index (χ4n) is 2.77. The highest BCUT2D eigenvalue weighted by atomic mass is 35.5. The molecule has 0 unspecified atom stereocenters. The van der Waals surface area contributed by atoms with Crippen molar-refractivity contribution in [3.8, 4) is 11.3 Å². The van der Waals surface area contributed by atoms with Crippen LogP contribution in [0.1, 0.15) is 56.1 Å². The van der Waals surface area contributed by atoms with E-state index in [1.54, 1.807) is 6.33 Å². The third-order valence-electron chi connectivity index (χ3n) is 4.17. The lowest BCUT2D eigenvalue weighted by Crippen LogP contribution is -2.08. The van der Waals surface area contributed by atoms with Crippen LogP contribution in [0.25, 0.3) is 11.3 Å². The van der Waals surface area contributed by atoms with Crippen molar-refractivity contribution >= 4 is 11.6 Å². The van der Waals surface area contributed by atoms with E-state index in [1.165, 1.54) is 24.8 Å². The van der Waals surface area contributed by atoms with Gasteiger partial charge in [-0.3, -0.25) is 0 Å². The maximum absolute atomic E-state index is 6.24. The summed E-state index contributed by atoms with van der Waals surface area (Å²) in [4.78, 5) is 8.55. The molecule has 2 nitrogen and oxygen atoms in total. The van der Waals surface area contributed by atoms with E-state index in [9.17, 15) is 0 Å². The average Bonchev–Trinajstić information content (AvgIpc) is 2.37. The van der Waals surface area contributed by atoms with Crippen molar-refractivity contribution in [2.45, 2.75) is 44.9 Å². The van der Waals surface area contributed by atoms with Crippen LogP contribution in [0.3, 0.4) is 0 Å². The van der Waals surface area contributed by atoms with E-state index in [1.807, 2.05) is 0 Å². The maximum atomic E-state index is 6.24. The topological polar surface area (TPSA) is 25.8 Å². The van der Waals surface area contributed by atoms with E-state index in [2.05, 4.69) is 48.1 Å². The molecule has 104 valence electrons.